The number of alkyl halides is 2. The first kappa shape index (κ1) is 22.9. The number of nitrogens with one attached hydrogen (secondary N) is 2. The van der Waals surface area contributed by atoms with Gasteiger partial charge in [0.05, 0.1) is 13.2 Å². The molecule has 27 heavy (non-hydrogen) atoms. The monoisotopic (exact) mass is 388 g/mol. The van der Waals surface area contributed by atoms with Crippen molar-refractivity contribution >= 4 is 5.96 Å². The average molecular weight is 388 g/mol. The average Bonchev–Trinajstić information content (AvgIpc) is 2.64. The van der Waals surface area contributed by atoms with E-state index in [0.717, 1.165) is 13.1 Å². The zero-order valence-electron chi connectivity index (χ0n) is 16.4. The Morgan fingerprint density at radius 2 is 2.04 bits per heavy atom. The van der Waals surface area contributed by atoms with Gasteiger partial charge in [0.25, 0.3) is 0 Å². The highest BCUT2D eigenvalue weighted by Crippen LogP contribution is 2.32. The number of halogens is 2. The fraction of sp³-hybridized carbons (Fsp3) is 0.611. The van der Waals surface area contributed by atoms with Crippen LogP contribution in [0.3, 0.4) is 0 Å². The van der Waals surface area contributed by atoms with E-state index in [2.05, 4.69) is 25.3 Å². The van der Waals surface area contributed by atoms with Gasteiger partial charge in [-0.05, 0) is 20.0 Å². The minimum absolute atomic E-state index is 0.0385. The number of methoxy groups -OCH3 is 1. The van der Waals surface area contributed by atoms with Crippen molar-refractivity contribution in [3.05, 3.63) is 23.8 Å². The lowest BCUT2D eigenvalue weighted by molar-refractivity contribution is -0.0520. The van der Waals surface area contributed by atoms with Gasteiger partial charge in [-0.15, -0.1) is 0 Å². The van der Waals surface area contributed by atoms with E-state index < -0.39 is 6.61 Å². The van der Waals surface area contributed by atoms with Gasteiger partial charge in [-0.1, -0.05) is 12.1 Å². The van der Waals surface area contributed by atoms with Crippen LogP contribution in [0.4, 0.5) is 8.78 Å². The number of guanidine groups is 1. The van der Waals surface area contributed by atoms with Crippen LogP contribution in [0.25, 0.3) is 0 Å². The van der Waals surface area contributed by atoms with Crippen molar-refractivity contribution in [2.45, 2.75) is 20.1 Å². The third-order valence-corrected chi connectivity index (χ3v) is 3.70. The number of hydrogen-bond donors (Lipinski definition) is 2. The fourth-order valence-corrected chi connectivity index (χ4v) is 2.32. The Balaban J connectivity index is 2.62. The third kappa shape index (κ3) is 8.87. The van der Waals surface area contributed by atoms with Crippen LogP contribution < -0.4 is 20.1 Å². The van der Waals surface area contributed by atoms with Gasteiger partial charge in [0.1, 0.15) is 0 Å². The summed E-state index contributed by atoms with van der Waals surface area (Å²) in [6.45, 7) is 2.48. The largest absolute Gasteiger partial charge is 0.490 e. The summed E-state index contributed by atoms with van der Waals surface area (Å²) in [5.41, 5.74) is 0.557. The van der Waals surface area contributed by atoms with Crippen molar-refractivity contribution in [3.8, 4) is 11.5 Å². The molecule has 0 fully saturated rings. The molecule has 1 aromatic rings. The predicted molar refractivity (Wildman–Crippen MR) is 102 cm³/mol. The minimum atomic E-state index is -2.93. The number of hydrogen-bond acceptors (Lipinski definition) is 5. The van der Waals surface area contributed by atoms with E-state index in [0.29, 0.717) is 37.0 Å². The molecule has 0 atom stereocenters. The molecule has 0 saturated carbocycles. The normalized spacial score (nSPS) is 11.8. The molecule has 0 radical (unpaired) electrons. The number of ether oxygens (including phenoxy) is 3. The molecule has 0 bridgehead atoms. The van der Waals surface area contributed by atoms with E-state index >= 15 is 0 Å². The number of benzene rings is 1. The zero-order valence-corrected chi connectivity index (χ0v) is 16.4. The highest BCUT2D eigenvalue weighted by molar-refractivity contribution is 5.79. The highest BCUT2D eigenvalue weighted by atomic mass is 19.3. The smallest absolute Gasteiger partial charge is 0.387 e. The molecule has 0 aliphatic carbocycles. The molecule has 0 aliphatic heterocycles. The molecular formula is C18H30F2N4O3. The van der Waals surface area contributed by atoms with Crippen molar-refractivity contribution in [1.82, 2.24) is 15.5 Å². The summed E-state index contributed by atoms with van der Waals surface area (Å²) in [5, 5.41) is 6.28. The molecule has 1 aromatic carbocycles. The summed E-state index contributed by atoms with van der Waals surface area (Å²) in [5.74, 6) is 0.899. The van der Waals surface area contributed by atoms with Gasteiger partial charge in [-0.25, -0.2) is 0 Å². The number of aliphatic imine (C=N–C) groups is 1. The maximum absolute atomic E-state index is 12.8. The lowest BCUT2D eigenvalue weighted by Gasteiger charge is -2.19. The molecule has 154 valence electrons. The van der Waals surface area contributed by atoms with E-state index in [1.807, 2.05) is 7.05 Å². The molecule has 0 spiro atoms. The van der Waals surface area contributed by atoms with E-state index in [-0.39, 0.29) is 12.3 Å². The Bertz CT molecular complexity index is 574. The van der Waals surface area contributed by atoms with Gasteiger partial charge in [-0.2, -0.15) is 8.78 Å². The van der Waals surface area contributed by atoms with Gasteiger partial charge < -0.3 is 29.7 Å². The Hall–Kier alpha value is -2.13. The molecule has 9 heteroatoms. The second kappa shape index (κ2) is 13.1. The van der Waals surface area contributed by atoms with Crippen LogP contribution in [-0.4, -0.2) is 71.5 Å². The molecule has 7 nitrogen and oxygen atoms in total. The van der Waals surface area contributed by atoms with Gasteiger partial charge in [0.15, 0.2) is 17.5 Å². The molecule has 0 aliphatic rings. The molecule has 0 saturated heterocycles. The van der Waals surface area contributed by atoms with Crippen LogP contribution in [0.15, 0.2) is 23.2 Å². The second-order valence-corrected chi connectivity index (χ2v) is 5.70. The van der Waals surface area contributed by atoms with E-state index in [9.17, 15) is 8.78 Å². The highest BCUT2D eigenvalue weighted by Gasteiger charge is 2.16. The van der Waals surface area contributed by atoms with Gasteiger partial charge in [0, 0.05) is 45.9 Å². The summed E-state index contributed by atoms with van der Waals surface area (Å²) in [6.07, 6.45) is 0. The van der Waals surface area contributed by atoms with Gasteiger partial charge in [0.2, 0.25) is 0 Å². The fourth-order valence-electron chi connectivity index (χ4n) is 2.32. The molecule has 2 N–H and O–H groups in total. The van der Waals surface area contributed by atoms with E-state index in [1.54, 1.807) is 39.3 Å². The zero-order chi connectivity index (χ0) is 20.1. The van der Waals surface area contributed by atoms with Gasteiger partial charge >= 0.3 is 6.61 Å². The standard InChI is InChI=1S/C18H30F2N4O3/c1-5-26-15-8-6-7-14(16(15)27-17(19)20)13-23-18(21-2)22-9-10-24(3)11-12-25-4/h6-8,17H,5,9-13H2,1-4H3,(H2,21,22,23). The van der Waals surface area contributed by atoms with Crippen molar-refractivity contribution in [2.24, 2.45) is 4.99 Å². The maximum atomic E-state index is 12.8. The van der Waals surface area contributed by atoms with Crippen molar-refractivity contribution in [3.63, 3.8) is 0 Å². The number of nitrogens with zero attached hydrogens (tertiary/aromatic N) is 2. The van der Waals surface area contributed by atoms with Crippen molar-refractivity contribution in [2.75, 3.05) is 54.1 Å². The summed E-state index contributed by atoms with van der Waals surface area (Å²) in [7, 11) is 5.33. The number of para-hydroxylation sites is 1. The Morgan fingerprint density at radius 3 is 2.67 bits per heavy atom. The lowest BCUT2D eigenvalue weighted by atomic mass is 10.2. The van der Waals surface area contributed by atoms with Crippen molar-refractivity contribution in [1.29, 1.82) is 0 Å². The Labute approximate surface area is 159 Å². The Kier molecular flexibility index (Phi) is 11.1. The van der Waals surface area contributed by atoms with E-state index in [1.165, 1.54) is 0 Å². The first-order valence-electron chi connectivity index (χ1n) is 8.83. The topological polar surface area (TPSA) is 67.4 Å². The molecule has 0 unspecified atom stereocenters. The van der Waals surface area contributed by atoms with Crippen LogP contribution in [0.2, 0.25) is 0 Å². The van der Waals surface area contributed by atoms with Crippen LogP contribution >= 0.6 is 0 Å². The van der Waals surface area contributed by atoms with E-state index in [4.69, 9.17) is 9.47 Å². The lowest BCUT2D eigenvalue weighted by Crippen LogP contribution is -2.41. The third-order valence-electron chi connectivity index (χ3n) is 3.70. The van der Waals surface area contributed by atoms with Crippen LogP contribution in [-0.2, 0) is 11.3 Å². The number of likely N-dealkylation sites (N-methyl/N-ethyl adjacent to an activating group) is 1. The molecule has 0 aromatic heterocycles. The minimum Gasteiger partial charge on any atom is -0.490 e. The van der Waals surface area contributed by atoms with Gasteiger partial charge in [-0.3, -0.25) is 4.99 Å². The van der Waals surface area contributed by atoms with Crippen LogP contribution in [0.1, 0.15) is 12.5 Å². The summed E-state index contributed by atoms with van der Waals surface area (Å²) >= 11 is 0. The van der Waals surface area contributed by atoms with Crippen LogP contribution in [0, 0.1) is 0 Å². The molecule has 0 amide bonds. The summed E-state index contributed by atoms with van der Waals surface area (Å²) < 4.78 is 40.6. The SMILES string of the molecule is CCOc1cccc(CNC(=NC)NCCN(C)CCOC)c1OC(F)F. The summed E-state index contributed by atoms with van der Waals surface area (Å²) in [6, 6.07) is 5.05. The first-order chi connectivity index (χ1) is 13.0. The molecule has 0 heterocycles. The first-order valence-corrected chi connectivity index (χ1v) is 8.83. The maximum Gasteiger partial charge on any atom is 0.387 e. The number of rotatable bonds is 12. The second-order valence-electron chi connectivity index (χ2n) is 5.70. The Morgan fingerprint density at radius 1 is 1.26 bits per heavy atom. The predicted octanol–water partition coefficient (Wildman–Crippen LogP) is 1.93. The summed E-state index contributed by atoms with van der Waals surface area (Å²) in [4.78, 5) is 6.27. The van der Waals surface area contributed by atoms with Crippen molar-refractivity contribution < 1.29 is 23.0 Å². The van der Waals surface area contributed by atoms with Crippen LogP contribution in [0.5, 0.6) is 11.5 Å². The molecular weight excluding hydrogens is 358 g/mol. The quantitative estimate of drug-likeness (QED) is 0.421. The molecule has 1 rings (SSSR count).